The molecule has 0 heterocycles. The summed E-state index contributed by atoms with van der Waals surface area (Å²) in [4.78, 5) is 35.6. The maximum Gasteiger partial charge on any atom is 0.472 e. The maximum absolute atomic E-state index is 12.8. The van der Waals surface area contributed by atoms with Crippen molar-refractivity contribution in [3.05, 3.63) is 36.5 Å². The fourth-order valence-electron chi connectivity index (χ4n) is 7.45. The van der Waals surface area contributed by atoms with Crippen LogP contribution in [0.4, 0.5) is 0 Å². The zero-order valence-electron chi connectivity index (χ0n) is 42.5. The second-order valence-electron chi connectivity index (χ2n) is 19.3. The Morgan fingerprint density at radius 1 is 0.484 bits per heavy atom. The van der Waals surface area contributed by atoms with E-state index < -0.39 is 26.5 Å². The average molecular weight is 925 g/mol. The lowest BCUT2D eigenvalue weighted by Gasteiger charge is -2.24. The molecular formula is C54H103NO8P+. The summed E-state index contributed by atoms with van der Waals surface area (Å²) >= 11 is 0. The molecule has 0 radical (unpaired) electrons. The SMILES string of the molecule is CCCCC/C=C/C/C=C/CCCCCCCCCCCC(=O)OC[C@H](COP(=O)(O)OCC[N+](C)(C)C)OC(=O)CCCCCCCCCCCCC/C=C/CCCCCCCC. The molecule has 376 valence electrons. The van der Waals surface area contributed by atoms with Crippen LogP contribution in [0.15, 0.2) is 36.5 Å². The minimum absolute atomic E-state index is 0.0315. The fraction of sp³-hybridized carbons (Fsp3) is 0.852. The van der Waals surface area contributed by atoms with E-state index in [0.717, 1.165) is 38.5 Å². The predicted molar refractivity (Wildman–Crippen MR) is 270 cm³/mol. The van der Waals surface area contributed by atoms with E-state index in [1.54, 1.807) is 0 Å². The van der Waals surface area contributed by atoms with E-state index in [2.05, 4.69) is 50.3 Å². The number of nitrogens with zero attached hydrogens (tertiary/aromatic N) is 1. The van der Waals surface area contributed by atoms with Gasteiger partial charge in [0, 0.05) is 12.8 Å². The largest absolute Gasteiger partial charge is 0.472 e. The third-order valence-corrected chi connectivity index (χ3v) is 12.6. The second-order valence-corrected chi connectivity index (χ2v) is 20.7. The highest BCUT2D eigenvalue weighted by Gasteiger charge is 2.27. The highest BCUT2D eigenvalue weighted by atomic mass is 31.2. The van der Waals surface area contributed by atoms with Gasteiger partial charge in [0.15, 0.2) is 6.10 Å². The van der Waals surface area contributed by atoms with Gasteiger partial charge in [0.2, 0.25) is 0 Å². The number of carbonyl (C=O) groups excluding carboxylic acids is 2. The predicted octanol–water partition coefficient (Wildman–Crippen LogP) is 16.0. The molecule has 0 aromatic carbocycles. The van der Waals surface area contributed by atoms with Gasteiger partial charge < -0.3 is 18.9 Å². The van der Waals surface area contributed by atoms with Crippen LogP contribution >= 0.6 is 7.82 Å². The number of hydrogen-bond acceptors (Lipinski definition) is 7. The molecule has 0 saturated carbocycles. The Morgan fingerprint density at radius 2 is 0.844 bits per heavy atom. The van der Waals surface area contributed by atoms with Gasteiger partial charge in [-0.05, 0) is 70.6 Å². The molecule has 0 bridgehead atoms. The van der Waals surface area contributed by atoms with Gasteiger partial charge in [-0.3, -0.25) is 18.6 Å². The molecule has 0 aromatic heterocycles. The van der Waals surface area contributed by atoms with Crippen molar-refractivity contribution in [3.8, 4) is 0 Å². The Hall–Kier alpha value is -1.77. The molecule has 0 aliphatic carbocycles. The van der Waals surface area contributed by atoms with Gasteiger partial charge in [-0.15, -0.1) is 0 Å². The third kappa shape index (κ3) is 49.7. The molecule has 9 nitrogen and oxygen atoms in total. The molecule has 0 aromatic rings. The molecule has 10 heteroatoms. The van der Waals surface area contributed by atoms with E-state index in [1.165, 1.54) is 173 Å². The van der Waals surface area contributed by atoms with Gasteiger partial charge in [0.25, 0.3) is 0 Å². The monoisotopic (exact) mass is 925 g/mol. The Bertz CT molecular complexity index is 1180. The number of carbonyl (C=O) groups is 2. The van der Waals surface area contributed by atoms with Gasteiger partial charge in [0.05, 0.1) is 27.7 Å². The third-order valence-electron chi connectivity index (χ3n) is 11.6. The molecule has 0 amide bonds. The Morgan fingerprint density at radius 3 is 1.28 bits per heavy atom. The van der Waals surface area contributed by atoms with Crippen molar-refractivity contribution in [2.24, 2.45) is 0 Å². The second kappa shape index (κ2) is 46.3. The number of allylic oxidation sites excluding steroid dienone is 6. The van der Waals surface area contributed by atoms with E-state index in [-0.39, 0.29) is 32.0 Å². The van der Waals surface area contributed by atoms with Gasteiger partial charge in [-0.1, -0.05) is 198 Å². The van der Waals surface area contributed by atoms with Gasteiger partial charge in [-0.2, -0.15) is 0 Å². The molecule has 1 N–H and O–H groups in total. The van der Waals surface area contributed by atoms with Gasteiger partial charge in [-0.25, -0.2) is 4.57 Å². The van der Waals surface area contributed by atoms with E-state index in [1.807, 2.05) is 21.1 Å². The number of ether oxygens (including phenoxy) is 2. The highest BCUT2D eigenvalue weighted by molar-refractivity contribution is 7.47. The Balaban J connectivity index is 4.22. The molecule has 0 rings (SSSR count). The average Bonchev–Trinajstić information content (AvgIpc) is 3.25. The zero-order chi connectivity index (χ0) is 47.1. The fourth-order valence-corrected chi connectivity index (χ4v) is 8.19. The number of hydrogen-bond donors (Lipinski definition) is 1. The van der Waals surface area contributed by atoms with E-state index in [0.29, 0.717) is 17.4 Å². The number of likely N-dealkylation sites (N-methyl/N-ethyl adjacent to an activating group) is 1. The number of quaternary nitrogens is 1. The lowest BCUT2D eigenvalue weighted by atomic mass is 10.0. The summed E-state index contributed by atoms with van der Waals surface area (Å²) in [6, 6.07) is 0. The molecule has 0 fully saturated rings. The zero-order valence-corrected chi connectivity index (χ0v) is 43.4. The van der Waals surface area contributed by atoms with Gasteiger partial charge >= 0.3 is 19.8 Å². The standard InChI is InChI=1S/C54H102NO8P/c1-6-8-10-12-14-16-18-20-22-24-26-27-29-31-33-35-37-39-41-43-45-47-54(57)63-52(51-62-64(58,59)61-49-48-55(3,4)5)50-60-53(56)46-44-42-40-38-36-34-32-30-28-25-23-21-19-17-15-13-11-9-7-2/h15,17,20-23,52H,6-14,16,18-19,24-51H2,1-5H3/p+1/b17-15+,22-20+,23-21+/t52-/m1/s1. The van der Waals surface area contributed by atoms with Crippen LogP contribution in [0.25, 0.3) is 0 Å². The summed E-state index contributed by atoms with van der Waals surface area (Å²) < 4.78 is 34.5. The van der Waals surface area contributed by atoms with Crippen molar-refractivity contribution in [3.63, 3.8) is 0 Å². The first-order valence-electron chi connectivity index (χ1n) is 26.7. The lowest BCUT2D eigenvalue weighted by Crippen LogP contribution is -2.37. The van der Waals surface area contributed by atoms with E-state index in [4.69, 9.17) is 18.5 Å². The van der Waals surface area contributed by atoms with Crippen LogP contribution in [0.1, 0.15) is 245 Å². The topological polar surface area (TPSA) is 108 Å². The number of phosphoric acid groups is 1. The minimum Gasteiger partial charge on any atom is -0.462 e. The van der Waals surface area contributed by atoms with Crippen molar-refractivity contribution in [1.29, 1.82) is 0 Å². The molecule has 0 spiro atoms. The molecule has 0 aliphatic rings. The van der Waals surface area contributed by atoms with Gasteiger partial charge in [0.1, 0.15) is 19.8 Å². The van der Waals surface area contributed by atoms with Crippen LogP contribution < -0.4 is 0 Å². The van der Waals surface area contributed by atoms with Crippen molar-refractivity contribution in [2.75, 3.05) is 47.5 Å². The molecule has 0 saturated heterocycles. The maximum atomic E-state index is 12.8. The molecule has 64 heavy (non-hydrogen) atoms. The summed E-state index contributed by atoms with van der Waals surface area (Å²) in [6.45, 7) is 4.42. The first kappa shape index (κ1) is 62.2. The molecule has 2 atom stereocenters. The Labute approximate surface area is 395 Å². The van der Waals surface area contributed by atoms with Crippen LogP contribution in [-0.4, -0.2) is 74.9 Å². The van der Waals surface area contributed by atoms with Crippen molar-refractivity contribution in [2.45, 2.75) is 251 Å². The number of unbranched alkanes of at least 4 members (excludes halogenated alkanes) is 29. The van der Waals surface area contributed by atoms with Crippen molar-refractivity contribution in [1.82, 2.24) is 0 Å². The van der Waals surface area contributed by atoms with Crippen LogP contribution in [0.2, 0.25) is 0 Å². The molecule has 1 unspecified atom stereocenters. The van der Waals surface area contributed by atoms with Crippen LogP contribution in [-0.2, 0) is 32.7 Å². The lowest BCUT2D eigenvalue weighted by molar-refractivity contribution is -0.870. The van der Waals surface area contributed by atoms with Crippen LogP contribution in [0, 0.1) is 0 Å². The van der Waals surface area contributed by atoms with Crippen molar-refractivity contribution >= 4 is 19.8 Å². The van der Waals surface area contributed by atoms with Crippen LogP contribution in [0.5, 0.6) is 0 Å². The summed E-state index contributed by atoms with van der Waals surface area (Å²) in [5.41, 5.74) is 0. The van der Waals surface area contributed by atoms with Crippen molar-refractivity contribution < 1.29 is 42.1 Å². The number of rotatable bonds is 49. The normalized spacial score (nSPS) is 13.7. The number of esters is 2. The first-order chi connectivity index (χ1) is 31.0. The highest BCUT2D eigenvalue weighted by Crippen LogP contribution is 2.43. The summed E-state index contributed by atoms with van der Waals surface area (Å²) in [7, 11) is 1.48. The molecular weight excluding hydrogens is 822 g/mol. The van der Waals surface area contributed by atoms with E-state index >= 15 is 0 Å². The summed E-state index contributed by atoms with van der Waals surface area (Å²) in [6.07, 6.45) is 54.8. The minimum atomic E-state index is -4.38. The smallest absolute Gasteiger partial charge is 0.462 e. The summed E-state index contributed by atoms with van der Waals surface area (Å²) in [5.74, 6) is -0.795. The van der Waals surface area contributed by atoms with E-state index in [9.17, 15) is 19.0 Å². The van der Waals surface area contributed by atoms with Crippen LogP contribution in [0.3, 0.4) is 0 Å². The number of phosphoric ester groups is 1. The molecule has 0 aliphatic heterocycles. The Kier molecular flexibility index (Phi) is 45.1. The quantitative estimate of drug-likeness (QED) is 0.0211. The first-order valence-corrected chi connectivity index (χ1v) is 28.2. The summed E-state index contributed by atoms with van der Waals surface area (Å²) in [5, 5.41) is 0.